The summed E-state index contributed by atoms with van der Waals surface area (Å²) in [6.45, 7) is 18.8. The molecule has 0 bridgehead atoms. The minimum atomic E-state index is -4.27. The Morgan fingerprint density at radius 3 is 1.36 bits per heavy atom. The summed E-state index contributed by atoms with van der Waals surface area (Å²) in [6.07, 6.45) is 23.6. The monoisotopic (exact) mass is 584 g/mol. The van der Waals surface area contributed by atoms with Crippen LogP contribution in [-0.4, -0.2) is 24.3 Å². The molecular weight excluding hydrogens is 519 g/mol. The highest BCUT2D eigenvalue weighted by Crippen LogP contribution is 2.47. The van der Waals surface area contributed by atoms with Crippen molar-refractivity contribution >= 4 is 18.7 Å². The van der Waals surface area contributed by atoms with E-state index in [0.29, 0.717) is 13.7 Å². The van der Waals surface area contributed by atoms with Crippen LogP contribution in [0, 0.1) is 24.7 Å². The molecule has 0 radical (unpaired) electrons. The van der Waals surface area contributed by atoms with E-state index in [1.807, 2.05) is 6.92 Å². The van der Waals surface area contributed by atoms with Crippen molar-refractivity contribution in [3.05, 3.63) is 29.8 Å². The average molecular weight is 585 g/mol. The van der Waals surface area contributed by atoms with Crippen LogP contribution in [0.3, 0.4) is 0 Å². The van der Waals surface area contributed by atoms with E-state index < -0.39 is 10.1 Å². The Bertz CT molecular complexity index is 774. The minimum absolute atomic E-state index is 0.178. The smallest absolute Gasteiger partial charge is 0.124 e. The fourth-order valence-electron chi connectivity index (χ4n) is 6.04. The zero-order valence-electron chi connectivity index (χ0n) is 27.1. The third-order valence-electron chi connectivity index (χ3n) is 7.39. The zero-order chi connectivity index (χ0) is 29.7. The van der Waals surface area contributed by atoms with E-state index >= 15 is 0 Å². The van der Waals surface area contributed by atoms with Crippen molar-refractivity contribution < 1.29 is 13.0 Å². The molecule has 5 heteroatoms. The SMILES string of the molecule is CCCCCCCCCCCCCC[PH2+]C(CC(C)C)(CC(C)C)CC(C)C.Cc1ccc(S(=O)(=O)[O-])cc1. The second kappa shape index (κ2) is 22.2. The van der Waals surface area contributed by atoms with Crippen LogP contribution >= 0.6 is 8.58 Å². The molecule has 3 nitrogen and oxygen atoms in total. The lowest BCUT2D eigenvalue weighted by molar-refractivity contribution is 0.326. The minimum Gasteiger partial charge on any atom is -0.744 e. The molecule has 0 aliphatic heterocycles. The Morgan fingerprint density at radius 1 is 0.667 bits per heavy atom. The molecule has 1 atom stereocenters. The van der Waals surface area contributed by atoms with E-state index in [0.717, 1.165) is 23.3 Å². The van der Waals surface area contributed by atoms with Gasteiger partial charge in [0.15, 0.2) is 0 Å². The number of rotatable bonds is 21. The fraction of sp³-hybridized carbons (Fsp3) is 0.824. The quantitative estimate of drug-likeness (QED) is 0.0820. The van der Waals surface area contributed by atoms with Crippen molar-refractivity contribution in [1.29, 1.82) is 0 Å². The first-order valence-electron chi connectivity index (χ1n) is 16.2. The van der Waals surface area contributed by atoms with Gasteiger partial charge in [-0.3, -0.25) is 0 Å². The highest BCUT2D eigenvalue weighted by molar-refractivity contribution is 7.85. The van der Waals surface area contributed by atoms with Gasteiger partial charge in [0, 0.05) is 0 Å². The molecule has 1 rings (SSSR count). The average Bonchev–Trinajstić information content (AvgIpc) is 2.81. The Kier molecular flexibility index (Phi) is 21.9. The maximum atomic E-state index is 10.4. The van der Waals surface area contributed by atoms with Crippen LogP contribution in [-0.2, 0) is 10.1 Å². The second-order valence-corrected chi connectivity index (χ2v) is 16.9. The van der Waals surface area contributed by atoms with Crippen LogP contribution in [0.1, 0.15) is 150 Å². The van der Waals surface area contributed by atoms with E-state index in [1.54, 1.807) is 18.3 Å². The lowest BCUT2D eigenvalue weighted by Crippen LogP contribution is -2.30. The van der Waals surface area contributed by atoms with Gasteiger partial charge in [0.1, 0.15) is 10.1 Å². The van der Waals surface area contributed by atoms with Gasteiger partial charge in [0.05, 0.1) is 16.2 Å². The summed E-state index contributed by atoms with van der Waals surface area (Å²) in [5, 5.41) is 0.689. The first kappa shape index (κ1) is 38.6. The molecule has 0 spiro atoms. The maximum Gasteiger partial charge on any atom is 0.124 e. The molecule has 230 valence electrons. The Morgan fingerprint density at radius 2 is 1.03 bits per heavy atom. The van der Waals surface area contributed by atoms with Gasteiger partial charge in [0.2, 0.25) is 0 Å². The van der Waals surface area contributed by atoms with Gasteiger partial charge in [-0.25, -0.2) is 8.42 Å². The predicted octanol–water partition coefficient (Wildman–Crippen LogP) is 10.9. The van der Waals surface area contributed by atoms with Gasteiger partial charge in [-0.2, -0.15) is 0 Å². The van der Waals surface area contributed by atoms with Gasteiger partial charge in [-0.1, -0.05) is 130 Å². The van der Waals surface area contributed by atoms with E-state index in [9.17, 15) is 13.0 Å². The third-order valence-corrected chi connectivity index (χ3v) is 10.5. The molecule has 0 aliphatic rings. The van der Waals surface area contributed by atoms with Crippen molar-refractivity contribution in [3.8, 4) is 0 Å². The molecule has 0 aliphatic carbocycles. The summed E-state index contributed by atoms with van der Waals surface area (Å²) in [6, 6.07) is 5.78. The molecule has 0 fully saturated rings. The molecule has 0 N–H and O–H groups in total. The third kappa shape index (κ3) is 21.9. The lowest BCUT2D eigenvalue weighted by atomic mass is 9.82. The van der Waals surface area contributed by atoms with Crippen LogP contribution < -0.4 is 0 Å². The number of unbranched alkanes of at least 4 members (excludes halogenated alkanes) is 11. The molecule has 1 aromatic carbocycles. The largest absolute Gasteiger partial charge is 0.744 e. The van der Waals surface area contributed by atoms with Crippen LogP contribution in [0.4, 0.5) is 0 Å². The molecule has 39 heavy (non-hydrogen) atoms. The van der Waals surface area contributed by atoms with Crippen LogP contribution in [0.2, 0.25) is 0 Å². The summed E-state index contributed by atoms with van der Waals surface area (Å²) in [4.78, 5) is -0.178. The maximum absolute atomic E-state index is 10.4. The van der Waals surface area contributed by atoms with Gasteiger partial charge in [-0.15, -0.1) is 0 Å². The number of hydrogen-bond donors (Lipinski definition) is 0. The summed E-state index contributed by atoms with van der Waals surface area (Å²) in [7, 11) is -3.66. The Balaban J connectivity index is 0.00000108. The molecule has 0 aromatic heterocycles. The summed E-state index contributed by atoms with van der Waals surface area (Å²) in [5.41, 5.74) is 0.928. The molecular formula is C34H65O3PS. The zero-order valence-corrected chi connectivity index (χ0v) is 29.0. The van der Waals surface area contributed by atoms with Crippen molar-refractivity contribution in [1.82, 2.24) is 0 Å². The van der Waals surface area contributed by atoms with Gasteiger partial charge in [0.25, 0.3) is 0 Å². The molecule has 0 heterocycles. The molecule has 0 amide bonds. The van der Waals surface area contributed by atoms with E-state index in [-0.39, 0.29) is 4.90 Å². The van der Waals surface area contributed by atoms with Gasteiger partial charge >= 0.3 is 0 Å². The molecule has 0 saturated heterocycles. The standard InChI is InChI=1S/C27H57P.C7H8O3S/c1-8-9-10-11-12-13-14-15-16-17-18-19-20-28-27(21-24(2)3,22-25(4)5)23-26(6)7;1-6-2-4-7(5-3-6)11(8,9)10/h24-26,28H,8-23H2,1-7H3;2-5H,1H3,(H,8,9,10). The fourth-order valence-corrected chi connectivity index (χ4v) is 9.53. The summed E-state index contributed by atoms with van der Waals surface area (Å²) in [5.74, 6) is 2.56. The van der Waals surface area contributed by atoms with Crippen molar-refractivity contribution in [3.63, 3.8) is 0 Å². The Hall–Kier alpha value is -0.440. The summed E-state index contributed by atoms with van der Waals surface area (Å²) >= 11 is 0. The number of benzene rings is 1. The topological polar surface area (TPSA) is 57.2 Å². The molecule has 1 unspecified atom stereocenters. The van der Waals surface area contributed by atoms with Crippen molar-refractivity contribution in [2.45, 2.75) is 162 Å². The first-order valence-corrected chi connectivity index (χ1v) is 19.0. The highest BCUT2D eigenvalue weighted by Gasteiger charge is 2.37. The van der Waals surface area contributed by atoms with E-state index in [1.165, 1.54) is 108 Å². The normalized spacial score (nSPS) is 12.6. The van der Waals surface area contributed by atoms with Crippen LogP contribution in [0.5, 0.6) is 0 Å². The Labute approximate surface area is 246 Å². The van der Waals surface area contributed by atoms with E-state index in [4.69, 9.17) is 0 Å². The van der Waals surface area contributed by atoms with Crippen molar-refractivity contribution in [2.24, 2.45) is 17.8 Å². The highest BCUT2D eigenvalue weighted by atomic mass is 32.2. The number of aryl methyl sites for hydroxylation is 1. The molecule has 0 saturated carbocycles. The van der Waals surface area contributed by atoms with Gasteiger partial charge in [-0.05, 0) is 77.5 Å². The van der Waals surface area contributed by atoms with Crippen molar-refractivity contribution in [2.75, 3.05) is 6.16 Å². The lowest BCUT2D eigenvalue weighted by Gasteiger charge is -2.34. The van der Waals surface area contributed by atoms with Crippen LogP contribution in [0.25, 0.3) is 0 Å². The summed E-state index contributed by atoms with van der Waals surface area (Å²) < 4.78 is 31.2. The number of hydrogen-bond acceptors (Lipinski definition) is 3. The second-order valence-electron chi connectivity index (χ2n) is 13.3. The van der Waals surface area contributed by atoms with Gasteiger partial charge < -0.3 is 4.55 Å². The predicted molar refractivity (Wildman–Crippen MR) is 176 cm³/mol. The first-order chi connectivity index (χ1) is 18.3. The van der Waals surface area contributed by atoms with E-state index in [2.05, 4.69) is 48.5 Å². The van der Waals surface area contributed by atoms with Crippen LogP contribution in [0.15, 0.2) is 29.2 Å². The molecule has 1 aromatic rings.